The largest absolute Gasteiger partial charge is 0.338 e. The third-order valence-corrected chi connectivity index (χ3v) is 6.92. The molecule has 0 aliphatic carbocycles. The standard InChI is InChI=1S/C22H25N5O2S2/c1-22(2,16-7-4-3-5-8-16)20(29)26-12-10-25(11-13-26)18(28)15-27-19(23-24-21(27)30)17-9-6-14-31-17/h3-9,14H,10-13,15H2,1-2H3,(H,24,30). The molecule has 1 fully saturated rings. The van der Waals surface area contributed by atoms with Gasteiger partial charge in [-0.3, -0.25) is 19.3 Å². The predicted octanol–water partition coefficient (Wildman–Crippen LogP) is 3.32. The summed E-state index contributed by atoms with van der Waals surface area (Å²) in [6.07, 6.45) is 0. The number of piperazine rings is 1. The Morgan fingerprint density at radius 3 is 2.39 bits per heavy atom. The molecule has 3 aromatic rings. The number of rotatable bonds is 5. The van der Waals surface area contributed by atoms with Crippen LogP contribution in [0.1, 0.15) is 19.4 Å². The van der Waals surface area contributed by atoms with Crippen LogP contribution < -0.4 is 0 Å². The molecule has 2 amide bonds. The lowest BCUT2D eigenvalue weighted by molar-refractivity contribution is -0.142. The van der Waals surface area contributed by atoms with Gasteiger partial charge in [0.1, 0.15) is 6.54 Å². The van der Waals surface area contributed by atoms with Gasteiger partial charge in [0.2, 0.25) is 11.8 Å². The minimum Gasteiger partial charge on any atom is -0.338 e. The summed E-state index contributed by atoms with van der Waals surface area (Å²) in [7, 11) is 0. The maximum Gasteiger partial charge on any atom is 0.242 e. The fraction of sp³-hybridized carbons (Fsp3) is 0.364. The first-order valence-electron chi connectivity index (χ1n) is 10.2. The Morgan fingerprint density at radius 2 is 1.74 bits per heavy atom. The fourth-order valence-corrected chi connectivity index (χ4v) is 4.74. The minimum absolute atomic E-state index is 0.0234. The Kier molecular flexibility index (Phi) is 6.06. The van der Waals surface area contributed by atoms with Crippen molar-refractivity contribution >= 4 is 35.4 Å². The van der Waals surface area contributed by atoms with Gasteiger partial charge in [-0.15, -0.1) is 11.3 Å². The summed E-state index contributed by atoms with van der Waals surface area (Å²) < 4.78 is 2.16. The van der Waals surface area contributed by atoms with Crippen molar-refractivity contribution < 1.29 is 9.59 Å². The number of amides is 2. The fourth-order valence-electron chi connectivity index (χ4n) is 3.83. The topological polar surface area (TPSA) is 74.2 Å². The van der Waals surface area contributed by atoms with Gasteiger partial charge in [-0.05, 0) is 43.1 Å². The number of carbonyl (C=O) groups is 2. The molecular formula is C22H25N5O2S2. The van der Waals surface area contributed by atoms with Gasteiger partial charge in [-0.1, -0.05) is 36.4 Å². The third-order valence-electron chi connectivity index (χ3n) is 5.74. The summed E-state index contributed by atoms with van der Waals surface area (Å²) in [5, 5.41) is 9.03. The van der Waals surface area contributed by atoms with E-state index in [1.165, 1.54) is 0 Å². The van der Waals surface area contributed by atoms with Crippen LogP contribution in [0.4, 0.5) is 0 Å². The summed E-state index contributed by atoms with van der Waals surface area (Å²) in [4.78, 5) is 30.7. The lowest BCUT2D eigenvalue weighted by atomic mass is 9.83. The van der Waals surface area contributed by atoms with Gasteiger partial charge in [-0.2, -0.15) is 5.10 Å². The number of H-pyrrole nitrogens is 1. The van der Waals surface area contributed by atoms with Crippen LogP contribution in [0.5, 0.6) is 0 Å². The van der Waals surface area contributed by atoms with E-state index >= 15 is 0 Å². The number of benzene rings is 1. The van der Waals surface area contributed by atoms with Crippen LogP contribution in [0, 0.1) is 4.77 Å². The summed E-state index contributed by atoms with van der Waals surface area (Å²) in [5.41, 5.74) is 0.390. The van der Waals surface area contributed by atoms with Crippen LogP contribution in [0.2, 0.25) is 0 Å². The molecule has 31 heavy (non-hydrogen) atoms. The van der Waals surface area contributed by atoms with Gasteiger partial charge >= 0.3 is 0 Å². The second-order valence-electron chi connectivity index (χ2n) is 8.08. The number of aromatic nitrogens is 3. The van der Waals surface area contributed by atoms with Gasteiger partial charge in [0.15, 0.2) is 10.6 Å². The molecule has 0 saturated carbocycles. The van der Waals surface area contributed by atoms with E-state index in [0.717, 1.165) is 10.4 Å². The van der Waals surface area contributed by atoms with Gasteiger partial charge in [0.25, 0.3) is 0 Å². The first kappa shape index (κ1) is 21.5. The van der Waals surface area contributed by atoms with Crippen molar-refractivity contribution in [2.45, 2.75) is 25.8 Å². The quantitative estimate of drug-likeness (QED) is 0.599. The highest BCUT2D eigenvalue weighted by molar-refractivity contribution is 7.71. The second kappa shape index (κ2) is 8.76. The molecule has 162 valence electrons. The maximum atomic E-state index is 13.2. The molecule has 0 spiro atoms. The lowest BCUT2D eigenvalue weighted by Crippen LogP contribution is -2.54. The zero-order chi connectivity index (χ0) is 22.0. The number of nitrogens with zero attached hydrogens (tertiary/aromatic N) is 4. The van der Waals surface area contributed by atoms with Crippen molar-refractivity contribution in [3.05, 3.63) is 58.2 Å². The molecule has 0 unspecified atom stereocenters. The smallest absolute Gasteiger partial charge is 0.242 e. The predicted molar refractivity (Wildman–Crippen MR) is 123 cm³/mol. The number of aromatic amines is 1. The first-order chi connectivity index (χ1) is 14.9. The van der Waals surface area contributed by atoms with Crippen LogP contribution in [-0.2, 0) is 21.5 Å². The summed E-state index contributed by atoms with van der Waals surface area (Å²) >= 11 is 6.88. The number of nitrogens with one attached hydrogen (secondary N) is 1. The second-order valence-corrected chi connectivity index (χ2v) is 9.41. The van der Waals surface area contributed by atoms with Crippen LogP contribution in [0.3, 0.4) is 0 Å². The van der Waals surface area contributed by atoms with Gasteiger partial charge < -0.3 is 9.80 Å². The van der Waals surface area contributed by atoms with E-state index in [-0.39, 0.29) is 18.4 Å². The number of thiophene rings is 1. The molecule has 1 aliphatic rings. The van der Waals surface area contributed by atoms with Crippen molar-refractivity contribution in [3.63, 3.8) is 0 Å². The number of carbonyl (C=O) groups excluding carboxylic acids is 2. The molecule has 0 atom stereocenters. The van der Waals surface area contributed by atoms with Crippen molar-refractivity contribution in [2.75, 3.05) is 26.2 Å². The van der Waals surface area contributed by atoms with Gasteiger partial charge in [-0.25, -0.2) is 0 Å². The van der Waals surface area contributed by atoms with Crippen molar-refractivity contribution in [3.8, 4) is 10.7 Å². The molecule has 0 radical (unpaired) electrons. The van der Waals surface area contributed by atoms with Gasteiger partial charge in [0.05, 0.1) is 10.3 Å². The molecule has 1 aliphatic heterocycles. The summed E-state index contributed by atoms with van der Waals surface area (Å²) in [5.74, 6) is 0.735. The van der Waals surface area contributed by atoms with E-state index in [1.807, 2.05) is 66.6 Å². The summed E-state index contributed by atoms with van der Waals surface area (Å²) in [6, 6.07) is 13.7. The van der Waals surface area contributed by atoms with Crippen LogP contribution in [-0.4, -0.2) is 62.6 Å². The zero-order valence-electron chi connectivity index (χ0n) is 17.6. The first-order valence-corrected chi connectivity index (χ1v) is 11.5. The molecule has 3 heterocycles. The Bertz CT molecular complexity index is 1110. The molecular weight excluding hydrogens is 430 g/mol. The van der Waals surface area contributed by atoms with E-state index in [9.17, 15) is 9.59 Å². The van der Waals surface area contributed by atoms with Crippen LogP contribution >= 0.6 is 23.6 Å². The zero-order valence-corrected chi connectivity index (χ0v) is 19.2. The van der Waals surface area contributed by atoms with Gasteiger partial charge in [0, 0.05) is 26.2 Å². The molecule has 4 rings (SSSR count). The molecule has 2 aromatic heterocycles. The van der Waals surface area contributed by atoms with E-state index in [0.29, 0.717) is 36.8 Å². The average Bonchev–Trinajstić information content (AvgIpc) is 3.44. The lowest BCUT2D eigenvalue weighted by Gasteiger charge is -2.38. The molecule has 0 bridgehead atoms. The highest BCUT2D eigenvalue weighted by Gasteiger charge is 2.35. The molecule has 1 saturated heterocycles. The Morgan fingerprint density at radius 1 is 1.06 bits per heavy atom. The average molecular weight is 456 g/mol. The SMILES string of the molecule is CC(C)(C(=O)N1CCN(C(=O)Cn2c(-c3cccs3)n[nH]c2=S)CC1)c1ccccc1. The van der Waals surface area contributed by atoms with Crippen LogP contribution in [0.25, 0.3) is 10.7 Å². The molecule has 9 heteroatoms. The van der Waals surface area contributed by atoms with Crippen LogP contribution in [0.15, 0.2) is 47.8 Å². The summed E-state index contributed by atoms with van der Waals surface area (Å²) in [6.45, 7) is 6.10. The van der Waals surface area contributed by atoms with Crippen molar-refractivity contribution in [1.29, 1.82) is 0 Å². The molecule has 1 N–H and O–H groups in total. The molecule has 1 aromatic carbocycles. The Hall–Kier alpha value is -2.78. The highest BCUT2D eigenvalue weighted by Crippen LogP contribution is 2.26. The van der Waals surface area contributed by atoms with E-state index in [2.05, 4.69) is 10.2 Å². The van der Waals surface area contributed by atoms with Crippen molar-refractivity contribution in [2.24, 2.45) is 0 Å². The monoisotopic (exact) mass is 455 g/mol. The Balaban J connectivity index is 1.40. The minimum atomic E-state index is -0.604. The highest BCUT2D eigenvalue weighted by atomic mass is 32.1. The number of hydrogen-bond donors (Lipinski definition) is 1. The van der Waals surface area contributed by atoms with E-state index in [1.54, 1.807) is 20.8 Å². The van der Waals surface area contributed by atoms with E-state index in [4.69, 9.17) is 12.2 Å². The third kappa shape index (κ3) is 4.33. The number of hydrogen-bond acceptors (Lipinski definition) is 5. The molecule has 7 nitrogen and oxygen atoms in total. The normalized spacial score (nSPS) is 14.6. The Labute approximate surface area is 190 Å². The maximum absolute atomic E-state index is 13.2. The van der Waals surface area contributed by atoms with E-state index < -0.39 is 5.41 Å². The van der Waals surface area contributed by atoms with Crippen molar-refractivity contribution in [1.82, 2.24) is 24.6 Å².